The van der Waals surface area contributed by atoms with Gasteiger partial charge < -0.3 is 4.74 Å². The van der Waals surface area contributed by atoms with Gasteiger partial charge in [0.2, 0.25) is 0 Å². The molecule has 0 aliphatic rings. The molecular formula is C23H28O2S. The van der Waals surface area contributed by atoms with Gasteiger partial charge in [0.25, 0.3) is 0 Å². The summed E-state index contributed by atoms with van der Waals surface area (Å²) in [6, 6.07) is 15.8. The lowest BCUT2D eigenvalue weighted by molar-refractivity contribution is 0.104. The van der Waals surface area contributed by atoms with E-state index in [0.717, 1.165) is 39.5 Å². The van der Waals surface area contributed by atoms with Gasteiger partial charge in [0.05, 0.1) is 7.11 Å². The Morgan fingerprint density at radius 1 is 1.00 bits per heavy atom. The Labute approximate surface area is 161 Å². The Balaban J connectivity index is 2.12. The second kappa shape index (κ2) is 10.9. The van der Waals surface area contributed by atoms with Crippen LogP contribution >= 0.6 is 11.8 Å². The number of hydrogen-bond acceptors (Lipinski definition) is 3. The van der Waals surface area contributed by atoms with Crippen molar-refractivity contribution in [2.75, 3.05) is 7.11 Å². The molecular weight excluding hydrogens is 340 g/mol. The fraction of sp³-hybridized carbons (Fsp3) is 0.348. The number of hydrogen-bond donors (Lipinski definition) is 0. The normalized spacial score (nSPS) is 11.4. The highest BCUT2D eigenvalue weighted by Crippen LogP contribution is 2.32. The first-order valence-corrected chi connectivity index (χ1v) is 10.1. The molecule has 0 radical (unpaired) electrons. The molecule has 0 saturated carbocycles. The average Bonchev–Trinajstić information content (AvgIpc) is 2.66. The lowest BCUT2D eigenvalue weighted by Crippen LogP contribution is -1.96. The third-order valence-electron chi connectivity index (χ3n) is 4.21. The number of methoxy groups -OCH3 is 1. The molecule has 138 valence electrons. The van der Waals surface area contributed by atoms with Crippen LogP contribution in [0, 0.1) is 6.92 Å². The van der Waals surface area contributed by atoms with Crippen molar-refractivity contribution in [1.82, 2.24) is 0 Å². The molecule has 2 aromatic rings. The molecule has 2 aromatic carbocycles. The van der Waals surface area contributed by atoms with E-state index in [4.69, 9.17) is 4.74 Å². The van der Waals surface area contributed by atoms with Crippen molar-refractivity contribution in [2.45, 2.75) is 50.8 Å². The second-order valence-corrected chi connectivity index (χ2v) is 7.63. The molecule has 0 amide bonds. The summed E-state index contributed by atoms with van der Waals surface area (Å²) < 4.78 is 5.22. The summed E-state index contributed by atoms with van der Waals surface area (Å²) in [5.41, 5.74) is 1.91. The van der Waals surface area contributed by atoms with Crippen LogP contribution in [0.25, 0.3) is 0 Å². The van der Waals surface area contributed by atoms with Crippen LogP contribution in [0.2, 0.25) is 0 Å². The van der Waals surface area contributed by atoms with E-state index in [-0.39, 0.29) is 5.78 Å². The Bertz CT molecular complexity index is 715. The number of carbonyl (C=O) groups is 1. The fourth-order valence-electron chi connectivity index (χ4n) is 2.62. The maximum Gasteiger partial charge on any atom is 0.186 e. The Morgan fingerprint density at radius 2 is 1.69 bits per heavy atom. The van der Waals surface area contributed by atoms with Gasteiger partial charge >= 0.3 is 0 Å². The van der Waals surface area contributed by atoms with Gasteiger partial charge in [-0.2, -0.15) is 0 Å². The Hall–Kier alpha value is -2.00. The first-order chi connectivity index (χ1) is 12.6. The fourth-order valence-corrected chi connectivity index (χ4v) is 3.61. The molecule has 2 rings (SSSR count). The highest BCUT2D eigenvalue weighted by atomic mass is 32.2. The van der Waals surface area contributed by atoms with Crippen LogP contribution in [0.15, 0.2) is 64.4 Å². The summed E-state index contributed by atoms with van der Waals surface area (Å²) >= 11 is 1.68. The van der Waals surface area contributed by atoms with Crippen molar-refractivity contribution in [3.05, 3.63) is 70.6 Å². The molecule has 0 fully saturated rings. The molecule has 0 aromatic heterocycles. The van der Waals surface area contributed by atoms with Gasteiger partial charge in [-0.25, -0.2) is 0 Å². The van der Waals surface area contributed by atoms with E-state index in [9.17, 15) is 4.79 Å². The van der Waals surface area contributed by atoms with Gasteiger partial charge in [-0.1, -0.05) is 67.8 Å². The van der Waals surface area contributed by atoms with Gasteiger partial charge in [0.1, 0.15) is 5.75 Å². The number of ether oxygens (including phenoxy) is 1. The molecule has 0 aliphatic carbocycles. The summed E-state index contributed by atoms with van der Waals surface area (Å²) in [5.74, 6) is 0.926. The summed E-state index contributed by atoms with van der Waals surface area (Å²) in [6.07, 6.45) is 7.53. The highest BCUT2D eigenvalue weighted by molar-refractivity contribution is 8.03. The summed E-state index contributed by atoms with van der Waals surface area (Å²) in [4.78, 5) is 14.9. The Morgan fingerprint density at radius 3 is 2.31 bits per heavy atom. The van der Waals surface area contributed by atoms with Crippen LogP contribution in [-0.4, -0.2) is 12.9 Å². The number of thioether (sulfide) groups is 1. The number of aryl methyl sites for hydroxylation is 1. The average molecular weight is 369 g/mol. The van der Waals surface area contributed by atoms with Crippen LogP contribution < -0.4 is 4.74 Å². The third-order valence-corrected chi connectivity index (χ3v) is 5.31. The van der Waals surface area contributed by atoms with Crippen LogP contribution in [0.5, 0.6) is 5.75 Å². The van der Waals surface area contributed by atoms with Crippen molar-refractivity contribution in [3.8, 4) is 5.75 Å². The van der Waals surface area contributed by atoms with Crippen molar-refractivity contribution in [2.24, 2.45) is 0 Å². The van der Waals surface area contributed by atoms with E-state index in [1.54, 1.807) is 18.9 Å². The predicted octanol–water partition coefficient (Wildman–Crippen LogP) is 6.83. The van der Waals surface area contributed by atoms with E-state index in [0.29, 0.717) is 0 Å². The van der Waals surface area contributed by atoms with Crippen molar-refractivity contribution in [3.63, 3.8) is 0 Å². The monoisotopic (exact) mass is 368 g/mol. The standard InChI is InChI=1S/C23H28O2S/c1-4-5-6-7-8-22(26-21-15-13-20(25-3)14-16-21)17-23(24)19-11-9-18(2)10-12-19/h9-17H,4-8H2,1-3H3/b22-17+. The molecule has 0 atom stereocenters. The molecule has 2 nitrogen and oxygen atoms in total. The van der Waals surface area contributed by atoms with E-state index in [1.807, 2.05) is 61.5 Å². The van der Waals surface area contributed by atoms with Gasteiger partial charge in [-0.3, -0.25) is 4.79 Å². The van der Waals surface area contributed by atoms with Crippen LogP contribution in [0.4, 0.5) is 0 Å². The molecule has 0 saturated heterocycles. The van der Waals surface area contributed by atoms with Crippen LogP contribution in [0.1, 0.15) is 54.9 Å². The van der Waals surface area contributed by atoms with Crippen molar-refractivity contribution in [1.29, 1.82) is 0 Å². The third kappa shape index (κ3) is 6.72. The lowest BCUT2D eigenvalue weighted by atomic mass is 10.1. The van der Waals surface area contributed by atoms with Crippen LogP contribution in [0.3, 0.4) is 0 Å². The first kappa shape index (κ1) is 20.3. The minimum absolute atomic E-state index is 0.0801. The van der Waals surface area contributed by atoms with Gasteiger partial charge in [0, 0.05) is 10.5 Å². The van der Waals surface area contributed by atoms with Gasteiger partial charge in [0.15, 0.2) is 5.78 Å². The van der Waals surface area contributed by atoms with Gasteiger partial charge in [-0.15, -0.1) is 0 Å². The van der Waals surface area contributed by atoms with Gasteiger partial charge in [-0.05, 0) is 55.0 Å². The van der Waals surface area contributed by atoms with E-state index < -0.39 is 0 Å². The molecule has 0 bridgehead atoms. The molecule has 3 heteroatoms. The highest BCUT2D eigenvalue weighted by Gasteiger charge is 2.08. The first-order valence-electron chi connectivity index (χ1n) is 9.26. The Kier molecular flexibility index (Phi) is 8.49. The number of unbranched alkanes of at least 4 members (excludes halogenated alkanes) is 3. The minimum Gasteiger partial charge on any atom is -0.497 e. The maximum atomic E-state index is 12.6. The zero-order valence-electron chi connectivity index (χ0n) is 16.0. The molecule has 26 heavy (non-hydrogen) atoms. The topological polar surface area (TPSA) is 26.3 Å². The number of ketones is 1. The number of rotatable bonds is 10. The molecule has 0 N–H and O–H groups in total. The number of allylic oxidation sites excluding steroid dienone is 2. The molecule has 0 aliphatic heterocycles. The minimum atomic E-state index is 0.0801. The van der Waals surface area contributed by atoms with Crippen LogP contribution in [-0.2, 0) is 0 Å². The zero-order valence-corrected chi connectivity index (χ0v) is 16.8. The van der Waals surface area contributed by atoms with E-state index >= 15 is 0 Å². The van der Waals surface area contributed by atoms with Crippen molar-refractivity contribution >= 4 is 17.5 Å². The lowest BCUT2D eigenvalue weighted by Gasteiger charge is -2.09. The zero-order chi connectivity index (χ0) is 18.8. The summed E-state index contributed by atoms with van der Waals surface area (Å²) in [7, 11) is 1.67. The smallest absolute Gasteiger partial charge is 0.186 e. The largest absolute Gasteiger partial charge is 0.497 e. The predicted molar refractivity (Wildman–Crippen MR) is 111 cm³/mol. The number of carbonyl (C=O) groups excluding carboxylic acids is 1. The van der Waals surface area contributed by atoms with E-state index in [2.05, 4.69) is 6.92 Å². The second-order valence-electron chi connectivity index (χ2n) is 6.43. The summed E-state index contributed by atoms with van der Waals surface area (Å²) in [5, 5.41) is 0. The van der Waals surface area contributed by atoms with Crippen molar-refractivity contribution < 1.29 is 9.53 Å². The number of benzene rings is 2. The SMILES string of the molecule is CCCCCC/C(=C\C(=O)c1ccc(C)cc1)Sc1ccc(OC)cc1. The maximum absolute atomic E-state index is 12.6. The quantitative estimate of drug-likeness (QED) is 0.199. The molecule has 0 spiro atoms. The summed E-state index contributed by atoms with van der Waals surface area (Å²) in [6.45, 7) is 4.24. The molecule has 0 unspecified atom stereocenters. The molecule has 0 heterocycles. The van der Waals surface area contributed by atoms with E-state index in [1.165, 1.54) is 19.3 Å².